The van der Waals surface area contributed by atoms with Crippen LogP contribution in [0.15, 0.2) is 18.2 Å². The number of aromatic nitrogens is 1. The van der Waals surface area contributed by atoms with Crippen LogP contribution in [0.5, 0.6) is 5.75 Å². The highest BCUT2D eigenvalue weighted by Gasteiger charge is 2.27. The Bertz CT molecular complexity index is 890. The molecule has 1 saturated heterocycles. The number of fused-ring (bicyclic) bond motifs is 1. The Hall–Kier alpha value is -2.54. The van der Waals surface area contributed by atoms with Crippen LogP contribution >= 0.6 is 0 Å². The first-order valence-electron chi connectivity index (χ1n) is 10.4. The number of carbonyl (C=O) groups is 2. The summed E-state index contributed by atoms with van der Waals surface area (Å²) in [5.41, 5.74) is 1.65. The molecule has 3 rings (SSSR count). The van der Waals surface area contributed by atoms with Gasteiger partial charge in [-0.1, -0.05) is 13.3 Å². The molecule has 1 fully saturated rings. The maximum absolute atomic E-state index is 12.9. The van der Waals surface area contributed by atoms with E-state index < -0.39 is 5.97 Å². The quantitative estimate of drug-likeness (QED) is 0.718. The lowest BCUT2D eigenvalue weighted by Crippen LogP contribution is -2.43. The summed E-state index contributed by atoms with van der Waals surface area (Å²) in [6.45, 7) is 5.45. The first-order valence-corrected chi connectivity index (χ1v) is 10.4. The van der Waals surface area contributed by atoms with Crippen LogP contribution in [-0.4, -0.2) is 54.2 Å². The van der Waals surface area contributed by atoms with E-state index in [0.29, 0.717) is 29.7 Å². The van der Waals surface area contributed by atoms with E-state index in [4.69, 9.17) is 9.47 Å². The number of nitrogens with zero attached hydrogens (tertiary/aromatic N) is 2. The number of carbonyl (C=O) groups excluding carboxylic acids is 2. The lowest BCUT2D eigenvalue weighted by atomic mass is 10.00. The number of amides is 1. The van der Waals surface area contributed by atoms with Gasteiger partial charge in [0, 0.05) is 18.5 Å². The van der Waals surface area contributed by atoms with Crippen LogP contribution in [0.3, 0.4) is 0 Å². The van der Waals surface area contributed by atoms with Crippen LogP contribution < -0.4 is 10.1 Å². The van der Waals surface area contributed by atoms with Gasteiger partial charge >= 0.3 is 5.97 Å². The molecule has 7 heteroatoms. The summed E-state index contributed by atoms with van der Waals surface area (Å²) >= 11 is 0. The van der Waals surface area contributed by atoms with Crippen molar-refractivity contribution in [3.63, 3.8) is 0 Å². The van der Waals surface area contributed by atoms with Crippen LogP contribution in [0, 0.1) is 0 Å². The third kappa shape index (κ3) is 4.40. The summed E-state index contributed by atoms with van der Waals surface area (Å²) in [6.07, 6.45) is 4.49. The monoisotopic (exact) mass is 401 g/mol. The predicted octanol–water partition coefficient (Wildman–Crippen LogP) is 3.57. The van der Waals surface area contributed by atoms with Gasteiger partial charge in [0.25, 0.3) is 0 Å². The number of aryl methyl sites for hydroxylation is 1. The summed E-state index contributed by atoms with van der Waals surface area (Å²) in [4.78, 5) is 27.8. The molecule has 158 valence electrons. The molecule has 1 atom stereocenters. The van der Waals surface area contributed by atoms with Crippen LogP contribution in [0.4, 0.5) is 5.69 Å². The standard InChI is InChI=1S/C22H31N3O4/c1-5-15-9-7-8-12-25(15)14-19(26)23-20-17-13-16(28-4)10-11-18(17)24(3)21(20)22(27)29-6-2/h10-11,13,15H,5-9,12,14H2,1-4H3,(H,23,26). The zero-order valence-corrected chi connectivity index (χ0v) is 17.8. The molecule has 1 unspecified atom stereocenters. The minimum absolute atomic E-state index is 0.119. The minimum Gasteiger partial charge on any atom is -0.497 e. The lowest BCUT2D eigenvalue weighted by molar-refractivity contribution is -0.118. The van der Waals surface area contributed by atoms with Crippen LogP contribution in [0.25, 0.3) is 10.9 Å². The average molecular weight is 402 g/mol. The highest BCUT2D eigenvalue weighted by Crippen LogP contribution is 2.34. The first-order chi connectivity index (χ1) is 14.0. The number of ether oxygens (including phenoxy) is 2. The van der Waals surface area contributed by atoms with Crippen molar-refractivity contribution in [2.45, 2.75) is 45.6 Å². The van der Waals surface area contributed by atoms with E-state index in [9.17, 15) is 9.59 Å². The fourth-order valence-electron chi connectivity index (χ4n) is 4.21. The summed E-state index contributed by atoms with van der Waals surface area (Å²) in [7, 11) is 3.39. The van der Waals surface area contributed by atoms with E-state index in [1.54, 1.807) is 25.6 Å². The maximum Gasteiger partial charge on any atom is 0.357 e. The number of esters is 1. The van der Waals surface area contributed by atoms with E-state index in [-0.39, 0.29) is 12.5 Å². The Morgan fingerprint density at radius 3 is 2.72 bits per heavy atom. The summed E-state index contributed by atoms with van der Waals surface area (Å²) in [6, 6.07) is 5.99. The van der Waals surface area contributed by atoms with Gasteiger partial charge in [-0.05, 0) is 50.9 Å². The molecule has 29 heavy (non-hydrogen) atoms. The number of rotatable bonds is 7. The number of methoxy groups -OCH3 is 1. The van der Waals surface area contributed by atoms with Crippen molar-refractivity contribution in [2.24, 2.45) is 7.05 Å². The normalized spacial score (nSPS) is 17.3. The Kier molecular flexibility index (Phi) is 6.79. The van der Waals surface area contributed by atoms with Crippen LogP contribution in [-0.2, 0) is 16.6 Å². The van der Waals surface area contributed by atoms with Gasteiger partial charge in [0.2, 0.25) is 5.91 Å². The SMILES string of the molecule is CCOC(=O)c1c(NC(=O)CN2CCCCC2CC)c2cc(OC)ccc2n1C. The zero-order chi connectivity index (χ0) is 21.0. The molecular formula is C22H31N3O4. The highest BCUT2D eigenvalue weighted by molar-refractivity contribution is 6.12. The largest absolute Gasteiger partial charge is 0.497 e. The second-order valence-electron chi connectivity index (χ2n) is 7.46. The van der Waals surface area contributed by atoms with Gasteiger partial charge in [-0.3, -0.25) is 9.69 Å². The molecule has 2 heterocycles. The Balaban J connectivity index is 1.94. The second kappa shape index (κ2) is 9.31. The number of piperidine rings is 1. The first kappa shape index (κ1) is 21.2. The fourth-order valence-corrected chi connectivity index (χ4v) is 4.21. The molecule has 0 aliphatic carbocycles. The number of hydrogen-bond donors (Lipinski definition) is 1. The molecule has 7 nitrogen and oxygen atoms in total. The Labute approximate surface area is 171 Å². The molecule has 1 aliphatic rings. The van der Waals surface area contributed by atoms with Gasteiger partial charge < -0.3 is 19.4 Å². The van der Waals surface area contributed by atoms with Gasteiger partial charge in [-0.25, -0.2) is 4.79 Å². The minimum atomic E-state index is -0.454. The molecule has 2 aromatic rings. The number of anilines is 1. The molecule has 1 N–H and O–H groups in total. The summed E-state index contributed by atoms with van der Waals surface area (Å²) in [5.74, 6) is 0.0900. The Morgan fingerprint density at radius 1 is 1.24 bits per heavy atom. The Morgan fingerprint density at radius 2 is 2.03 bits per heavy atom. The van der Waals surface area contributed by atoms with Crippen molar-refractivity contribution < 1.29 is 19.1 Å². The molecule has 0 spiro atoms. The molecular weight excluding hydrogens is 370 g/mol. The van der Waals surface area contributed by atoms with E-state index in [1.165, 1.54) is 6.42 Å². The maximum atomic E-state index is 12.9. The van der Waals surface area contributed by atoms with E-state index in [2.05, 4.69) is 17.1 Å². The summed E-state index contributed by atoms with van der Waals surface area (Å²) in [5, 5.41) is 3.76. The molecule has 1 aliphatic heterocycles. The number of benzene rings is 1. The third-order valence-corrected chi connectivity index (χ3v) is 5.71. The van der Waals surface area contributed by atoms with E-state index in [1.807, 2.05) is 18.2 Å². The van der Waals surface area contributed by atoms with Crippen molar-refractivity contribution >= 4 is 28.5 Å². The molecule has 0 bridgehead atoms. The summed E-state index contributed by atoms with van der Waals surface area (Å²) < 4.78 is 12.4. The van der Waals surface area contributed by atoms with Gasteiger partial charge in [0.05, 0.1) is 31.5 Å². The van der Waals surface area contributed by atoms with Gasteiger partial charge in [-0.15, -0.1) is 0 Å². The molecule has 1 aromatic heterocycles. The van der Waals surface area contributed by atoms with Gasteiger partial charge in [0.15, 0.2) is 5.69 Å². The predicted molar refractivity (Wildman–Crippen MR) is 114 cm³/mol. The van der Waals surface area contributed by atoms with Gasteiger partial charge in [0.1, 0.15) is 5.75 Å². The number of likely N-dealkylation sites (tertiary alicyclic amines) is 1. The van der Waals surface area contributed by atoms with Crippen molar-refractivity contribution in [1.82, 2.24) is 9.47 Å². The molecule has 1 aromatic carbocycles. The van der Waals surface area contributed by atoms with Crippen LogP contribution in [0.2, 0.25) is 0 Å². The smallest absolute Gasteiger partial charge is 0.357 e. The fraction of sp³-hybridized carbons (Fsp3) is 0.545. The van der Waals surface area contributed by atoms with Crippen LogP contribution in [0.1, 0.15) is 50.0 Å². The van der Waals surface area contributed by atoms with E-state index in [0.717, 1.165) is 36.7 Å². The van der Waals surface area contributed by atoms with Crippen molar-refractivity contribution in [3.05, 3.63) is 23.9 Å². The van der Waals surface area contributed by atoms with Crippen molar-refractivity contribution in [1.29, 1.82) is 0 Å². The second-order valence-corrected chi connectivity index (χ2v) is 7.46. The highest BCUT2D eigenvalue weighted by atomic mass is 16.5. The zero-order valence-electron chi connectivity index (χ0n) is 17.8. The number of nitrogens with one attached hydrogen (secondary N) is 1. The molecule has 0 radical (unpaired) electrons. The van der Waals surface area contributed by atoms with Gasteiger partial charge in [-0.2, -0.15) is 0 Å². The van der Waals surface area contributed by atoms with Crippen molar-refractivity contribution in [2.75, 3.05) is 32.1 Å². The molecule has 1 amide bonds. The van der Waals surface area contributed by atoms with Crippen molar-refractivity contribution in [3.8, 4) is 5.75 Å². The van der Waals surface area contributed by atoms with E-state index >= 15 is 0 Å². The number of hydrogen-bond acceptors (Lipinski definition) is 5. The molecule has 0 saturated carbocycles. The lowest BCUT2D eigenvalue weighted by Gasteiger charge is -2.34. The average Bonchev–Trinajstić information content (AvgIpc) is 2.99. The topological polar surface area (TPSA) is 72.8 Å². The third-order valence-electron chi connectivity index (χ3n) is 5.71.